The molecular weight excluding hydrogens is 444 g/mol. The molecule has 0 unspecified atom stereocenters. The van der Waals surface area contributed by atoms with E-state index in [1.807, 2.05) is 45.8 Å². The first kappa shape index (κ1) is 22.5. The molecule has 0 aliphatic carbocycles. The maximum Gasteiger partial charge on any atom is 0.269 e. The molecule has 2 aromatic carbocycles. The van der Waals surface area contributed by atoms with Crippen LogP contribution in [0.25, 0.3) is 16.9 Å². The highest BCUT2D eigenvalue weighted by Crippen LogP contribution is 2.24. The van der Waals surface area contributed by atoms with Gasteiger partial charge >= 0.3 is 0 Å². The van der Waals surface area contributed by atoms with Gasteiger partial charge in [-0.3, -0.25) is 14.9 Å². The van der Waals surface area contributed by atoms with Crippen LogP contribution in [0, 0.1) is 10.1 Å². The summed E-state index contributed by atoms with van der Waals surface area (Å²) in [5.41, 5.74) is 5.03. The number of fused-ring (bicyclic) bond motifs is 1. The summed E-state index contributed by atoms with van der Waals surface area (Å²) in [6.45, 7) is 4.53. The van der Waals surface area contributed by atoms with Crippen molar-refractivity contribution in [1.82, 2.24) is 19.5 Å². The number of anilines is 1. The molecule has 1 fully saturated rings. The Balaban J connectivity index is 1.36. The van der Waals surface area contributed by atoms with Gasteiger partial charge in [-0.05, 0) is 18.6 Å². The molecule has 9 nitrogen and oxygen atoms in total. The van der Waals surface area contributed by atoms with E-state index in [0.29, 0.717) is 31.7 Å². The van der Waals surface area contributed by atoms with Crippen molar-refractivity contribution >= 4 is 22.9 Å². The minimum Gasteiger partial charge on any atom is -0.368 e. The number of carbonyl (C=O) groups excluding carboxylic acids is 1. The normalized spacial score (nSPS) is 13.9. The van der Waals surface area contributed by atoms with Crippen LogP contribution in [0.2, 0.25) is 0 Å². The number of nitro benzene ring substituents is 1. The number of rotatable bonds is 6. The Bertz CT molecular complexity index is 1360. The number of amides is 1. The third-order valence-electron chi connectivity index (χ3n) is 6.36. The maximum absolute atomic E-state index is 13.5. The van der Waals surface area contributed by atoms with E-state index in [1.165, 1.54) is 12.1 Å². The number of nitrogens with zero attached hydrogens (tertiary/aromatic N) is 6. The van der Waals surface area contributed by atoms with Crippen LogP contribution in [0.5, 0.6) is 0 Å². The van der Waals surface area contributed by atoms with Gasteiger partial charge in [0, 0.05) is 61.8 Å². The average Bonchev–Trinajstić information content (AvgIpc) is 3.34. The zero-order chi connectivity index (χ0) is 24.4. The summed E-state index contributed by atoms with van der Waals surface area (Å²) in [6, 6.07) is 18.4. The van der Waals surface area contributed by atoms with E-state index in [2.05, 4.69) is 16.8 Å². The molecule has 1 aliphatic rings. The van der Waals surface area contributed by atoms with Gasteiger partial charge in [-0.15, -0.1) is 0 Å². The Morgan fingerprint density at radius 1 is 1.03 bits per heavy atom. The second kappa shape index (κ2) is 9.54. The predicted molar refractivity (Wildman–Crippen MR) is 134 cm³/mol. The highest BCUT2D eigenvalue weighted by molar-refractivity contribution is 5.95. The van der Waals surface area contributed by atoms with Gasteiger partial charge in [-0.25, -0.2) is 9.50 Å². The van der Waals surface area contributed by atoms with Gasteiger partial charge < -0.3 is 9.80 Å². The van der Waals surface area contributed by atoms with Crippen molar-refractivity contribution in [3.05, 3.63) is 88.2 Å². The van der Waals surface area contributed by atoms with Crippen LogP contribution in [-0.2, 0) is 6.42 Å². The lowest BCUT2D eigenvalue weighted by atomic mass is 10.1. The highest BCUT2D eigenvalue weighted by Gasteiger charge is 2.26. The van der Waals surface area contributed by atoms with E-state index in [0.717, 1.165) is 41.1 Å². The number of hydrogen-bond acceptors (Lipinski definition) is 6. The second-order valence-electron chi connectivity index (χ2n) is 8.59. The molecule has 3 heterocycles. The van der Waals surface area contributed by atoms with Gasteiger partial charge in [0.2, 0.25) is 0 Å². The summed E-state index contributed by atoms with van der Waals surface area (Å²) in [5, 5.41) is 15.7. The van der Waals surface area contributed by atoms with Crippen molar-refractivity contribution in [3.63, 3.8) is 0 Å². The molecule has 35 heavy (non-hydrogen) atoms. The van der Waals surface area contributed by atoms with Crippen molar-refractivity contribution < 1.29 is 9.72 Å². The van der Waals surface area contributed by atoms with Gasteiger partial charge in [0.25, 0.3) is 11.6 Å². The maximum atomic E-state index is 13.5. The quantitative estimate of drug-likeness (QED) is 0.309. The molecule has 0 radical (unpaired) electrons. The molecule has 0 atom stereocenters. The monoisotopic (exact) mass is 470 g/mol. The van der Waals surface area contributed by atoms with Crippen LogP contribution in [-0.4, -0.2) is 56.5 Å². The van der Waals surface area contributed by atoms with Crippen LogP contribution in [0.4, 0.5) is 11.4 Å². The number of piperazine rings is 1. The van der Waals surface area contributed by atoms with Gasteiger partial charge in [-0.1, -0.05) is 43.7 Å². The molecule has 1 aliphatic heterocycles. The van der Waals surface area contributed by atoms with Crippen molar-refractivity contribution in [2.24, 2.45) is 0 Å². The van der Waals surface area contributed by atoms with E-state index in [9.17, 15) is 14.9 Å². The largest absolute Gasteiger partial charge is 0.368 e. The van der Waals surface area contributed by atoms with Crippen LogP contribution >= 0.6 is 0 Å². The van der Waals surface area contributed by atoms with Crippen molar-refractivity contribution in [1.29, 1.82) is 0 Å². The van der Waals surface area contributed by atoms with Crippen LogP contribution in [0.3, 0.4) is 0 Å². The van der Waals surface area contributed by atoms with E-state index in [1.54, 1.807) is 18.3 Å². The number of nitro groups is 1. The zero-order valence-electron chi connectivity index (χ0n) is 19.5. The molecule has 4 aromatic rings. The number of non-ortho nitro benzene ring substituents is 1. The fourth-order valence-electron chi connectivity index (χ4n) is 4.51. The van der Waals surface area contributed by atoms with Gasteiger partial charge in [0.05, 0.1) is 21.9 Å². The molecule has 9 heteroatoms. The molecule has 1 saturated heterocycles. The van der Waals surface area contributed by atoms with E-state index in [4.69, 9.17) is 5.10 Å². The first-order valence-electron chi connectivity index (χ1n) is 11.8. The third kappa shape index (κ3) is 4.44. The van der Waals surface area contributed by atoms with Gasteiger partial charge in [0.15, 0.2) is 5.65 Å². The van der Waals surface area contributed by atoms with Gasteiger partial charge in [-0.2, -0.15) is 5.10 Å². The summed E-state index contributed by atoms with van der Waals surface area (Å²) in [6.07, 6.45) is 3.29. The Kier molecular flexibility index (Phi) is 6.13. The number of aryl methyl sites for hydroxylation is 1. The van der Waals surface area contributed by atoms with E-state index in [-0.39, 0.29) is 11.6 Å². The van der Waals surface area contributed by atoms with E-state index < -0.39 is 4.92 Å². The number of aromatic nitrogens is 3. The SMILES string of the molecule is CCCc1c(C(=O)N2CCN(c3ccc([N+](=O)[O-])cc3)CC2)cnc2cc(-c3ccccc3)nn12. The number of carbonyl (C=O) groups is 1. The van der Waals surface area contributed by atoms with E-state index >= 15 is 0 Å². The molecule has 5 rings (SSSR count). The Morgan fingerprint density at radius 2 is 1.74 bits per heavy atom. The zero-order valence-corrected chi connectivity index (χ0v) is 19.5. The molecular formula is C26H26N6O3. The lowest BCUT2D eigenvalue weighted by Gasteiger charge is -2.36. The van der Waals surface area contributed by atoms with Crippen molar-refractivity contribution in [3.8, 4) is 11.3 Å². The molecule has 0 spiro atoms. The molecule has 0 saturated carbocycles. The van der Waals surface area contributed by atoms with Crippen molar-refractivity contribution in [2.45, 2.75) is 19.8 Å². The van der Waals surface area contributed by atoms with Crippen molar-refractivity contribution in [2.75, 3.05) is 31.1 Å². The third-order valence-corrected chi connectivity index (χ3v) is 6.36. The van der Waals surface area contributed by atoms with Crippen LogP contribution in [0.15, 0.2) is 66.9 Å². The second-order valence-corrected chi connectivity index (χ2v) is 8.59. The minimum absolute atomic E-state index is 0.0389. The number of hydrogen-bond donors (Lipinski definition) is 0. The fourth-order valence-corrected chi connectivity index (χ4v) is 4.51. The summed E-state index contributed by atoms with van der Waals surface area (Å²) in [5.74, 6) is -0.0389. The molecule has 178 valence electrons. The summed E-state index contributed by atoms with van der Waals surface area (Å²) >= 11 is 0. The summed E-state index contributed by atoms with van der Waals surface area (Å²) in [4.78, 5) is 32.6. The fraction of sp³-hybridized carbons (Fsp3) is 0.269. The lowest BCUT2D eigenvalue weighted by molar-refractivity contribution is -0.384. The molecule has 1 amide bonds. The topological polar surface area (TPSA) is 96.9 Å². The first-order chi connectivity index (χ1) is 17.0. The predicted octanol–water partition coefficient (Wildman–Crippen LogP) is 4.22. The average molecular weight is 471 g/mol. The van der Waals surface area contributed by atoms with Crippen LogP contribution < -0.4 is 4.90 Å². The Labute approximate surface area is 202 Å². The molecule has 2 aromatic heterocycles. The molecule has 0 bridgehead atoms. The Morgan fingerprint density at radius 3 is 2.40 bits per heavy atom. The lowest BCUT2D eigenvalue weighted by Crippen LogP contribution is -2.49. The first-order valence-corrected chi connectivity index (χ1v) is 11.8. The smallest absolute Gasteiger partial charge is 0.269 e. The van der Waals surface area contributed by atoms with Crippen LogP contribution in [0.1, 0.15) is 29.4 Å². The summed E-state index contributed by atoms with van der Waals surface area (Å²) in [7, 11) is 0. The molecule has 0 N–H and O–H groups in total. The van der Waals surface area contributed by atoms with Gasteiger partial charge in [0.1, 0.15) is 0 Å². The Hall–Kier alpha value is -4.27. The standard InChI is InChI=1S/C26H26N6O3/c1-2-6-24-22(18-27-25-17-23(28-31(24)25)19-7-4-3-5-8-19)26(33)30-15-13-29(14-16-30)20-9-11-21(12-10-20)32(34)35/h3-5,7-12,17-18H,2,6,13-16H2,1H3. The minimum atomic E-state index is -0.401. The number of benzene rings is 2. The summed E-state index contributed by atoms with van der Waals surface area (Å²) < 4.78 is 1.81. The highest BCUT2D eigenvalue weighted by atomic mass is 16.6.